The molecule has 0 aromatic heterocycles. The molecule has 0 atom stereocenters. The largest absolute Gasteiger partial charge is 0.496 e. The molecular weight excluding hydrogens is 316 g/mol. The van der Waals surface area contributed by atoms with Crippen molar-refractivity contribution in [3.8, 4) is 5.75 Å². The van der Waals surface area contributed by atoms with Crippen LogP contribution in [0.25, 0.3) is 0 Å². The number of hydrogen-bond donors (Lipinski definition) is 0. The summed E-state index contributed by atoms with van der Waals surface area (Å²) in [6.07, 6.45) is 1.40. The van der Waals surface area contributed by atoms with E-state index in [0.717, 1.165) is 30.0 Å². The van der Waals surface area contributed by atoms with Crippen molar-refractivity contribution in [1.82, 2.24) is 4.90 Å². The highest BCUT2D eigenvalue weighted by molar-refractivity contribution is 6.21. The van der Waals surface area contributed by atoms with E-state index in [0.29, 0.717) is 24.1 Å². The number of carbonyl (C=O) groups is 2. The molecule has 0 spiro atoms. The highest BCUT2D eigenvalue weighted by Crippen LogP contribution is 2.28. The molecule has 2 heterocycles. The Bertz CT molecular complexity index is 867. The van der Waals surface area contributed by atoms with Crippen LogP contribution < -0.4 is 4.74 Å². The molecule has 0 radical (unpaired) electrons. The van der Waals surface area contributed by atoms with Gasteiger partial charge in [0.2, 0.25) is 0 Å². The van der Waals surface area contributed by atoms with Crippen LogP contribution in [0.3, 0.4) is 0 Å². The second kappa shape index (κ2) is 6.16. The van der Waals surface area contributed by atoms with Crippen molar-refractivity contribution in [3.63, 3.8) is 0 Å². The molecule has 0 saturated carbocycles. The molecule has 2 aromatic carbocycles. The van der Waals surface area contributed by atoms with E-state index in [2.05, 4.69) is 11.1 Å². The number of fused-ring (bicyclic) bond motifs is 2. The third-order valence-electron chi connectivity index (χ3n) is 4.76. The maximum Gasteiger partial charge on any atom is 0.261 e. The highest BCUT2D eigenvalue weighted by Gasteiger charge is 2.35. The van der Waals surface area contributed by atoms with Crippen LogP contribution in [0.4, 0.5) is 0 Å². The summed E-state index contributed by atoms with van der Waals surface area (Å²) in [6.45, 7) is 1.04. The summed E-state index contributed by atoms with van der Waals surface area (Å²) in [5, 5.41) is 0. The van der Waals surface area contributed by atoms with Gasteiger partial charge in [-0.05, 0) is 30.2 Å². The van der Waals surface area contributed by atoms with Crippen molar-refractivity contribution in [2.45, 2.75) is 12.8 Å². The Labute approximate surface area is 145 Å². The lowest BCUT2D eigenvalue weighted by molar-refractivity contribution is 0.0658. The predicted molar refractivity (Wildman–Crippen MR) is 94.5 cm³/mol. The highest BCUT2D eigenvalue weighted by atomic mass is 16.5. The summed E-state index contributed by atoms with van der Waals surface area (Å²) in [5.41, 5.74) is 4.07. The van der Waals surface area contributed by atoms with Gasteiger partial charge in [-0.3, -0.25) is 19.5 Å². The zero-order chi connectivity index (χ0) is 17.4. The number of aliphatic imine (C=N–C) groups is 1. The molecule has 0 fully saturated rings. The molecule has 0 saturated heterocycles. The van der Waals surface area contributed by atoms with Crippen LogP contribution in [0.5, 0.6) is 5.75 Å². The number of nitrogens with zero attached hydrogens (tertiary/aromatic N) is 2. The molecule has 2 aromatic rings. The van der Waals surface area contributed by atoms with Crippen molar-refractivity contribution in [2.75, 3.05) is 20.2 Å². The van der Waals surface area contributed by atoms with Gasteiger partial charge in [0.25, 0.3) is 11.8 Å². The monoisotopic (exact) mass is 334 g/mol. The minimum Gasteiger partial charge on any atom is -0.496 e. The van der Waals surface area contributed by atoms with Gasteiger partial charge in [0.15, 0.2) is 0 Å². The lowest BCUT2D eigenvalue weighted by Crippen LogP contribution is -2.32. The summed E-state index contributed by atoms with van der Waals surface area (Å²) in [6, 6.07) is 12.9. The lowest BCUT2D eigenvalue weighted by Gasteiger charge is -2.21. The molecule has 4 rings (SSSR count). The van der Waals surface area contributed by atoms with Crippen LogP contribution in [0.1, 0.15) is 38.3 Å². The second-order valence-electron chi connectivity index (χ2n) is 6.13. The first-order valence-corrected chi connectivity index (χ1v) is 8.35. The topological polar surface area (TPSA) is 59.0 Å². The van der Waals surface area contributed by atoms with E-state index in [9.17, 15) is 9.59 Å². The number of hydrogen-bond acceptors (Lipinski definition) is 4. The fraction of sp³-hybridized carbons (Fsp3) is 0.250. The average Bonchev–Trinajstić information content (AvgIpc) is 2.90. The van der Waals surface area contributed by atoms with Crippen molar-refractivity contribution in [2.24, 2.45) is 4.99 Å². The predicted octanol–water partition coefficient (Wildman–Crippen LogP) is 2.73. The van der Waals surface area contributed by atoms with Gasteiger partial charge in [0.05, 0.1) is 18.2 Å². The lowest BCUT2D eigenvalue weighted by atomic mass is 9.95. The Kier molecular flexibility index (Phi) is 3.84. The van der Waals surface area contributed by atoms with Gasteiger partial charge >= 0.3 is 0 Å². The van der Waals surface area contributed by atoms with Gasteiger partial charge in [-0.1, -0.05) is 24.3 Å². The Balaban J connectivity index is 1.57. The smallest absolute Gasteiger partial charge is 0.261 e. The quantitative estimate of drug-likeness (QED) is 0.808. The van der Waals surface area contributed by atoms with Crippen molar-refractivity contribution < 1.29 is 14.3 Å². The number of imide groups is 1. The van der Waals surface area contributed by atoms with Gasteiger partial charge in [0, 0.05) is 30.8 Å². The number of carbonyl (C=O) groups excluding carboxylic acids is 2. The average molecular weight is 334 g/mol. The molecule has 25 heavy (non-hydrogen) atoms. The van der Waals surface area contributed by atoms with Crippen molar-refractivity contribution >= 4 is 17.5 Å². The second-order valence-corrected chi connectivity index (χ2v) is 6.13. The number of rotatable bonds is 4. The fourth-order valence-electron chi connectivity index (χ4n) is 3.54. The molecular formula is C20H18N2O3. The third kappa shape index (κ3) is 2.52. The van der Waals surface area contributed by atoms with E-state index in [1.807, 2.05) is 12.1 Å². The first-order chi connectivity index (χ1) is 12.2. The molecule has 0 unspecified atom stereocenters. The molecule has 126 valence electrons. The van der Waals surface area contributed by atoms with Gasteiger partial charge < -0.3 is 4.74 Å². The van der Waals surface area contributed by atoms with E-state index in [1.54, 1.807) is 31.4 Å². The number of methoxy groups -OCH3 is 1. The van der Waals surface area contributed by atoms with Crippen LogP contribution in [0, 0.1) is 0 Å². The number of amides is 2. The molecule has 2 amide bonds. The zero-order valence-electron chi connectivity index (χ0n) is 14.0. The minimum atomic E-state index is -0.225. The molecule has 5 nitrogen and oxygen atoms in total. The standard InChI is InChI=1S/C20H18N2O3/c1-25-17-8-4-5-13-9-11-21-16(18(13)17)10-12-22-19(23)14-6-2-3-7-15(14)20(22)24/h2-8H,9-12H2,1H3. The van der Waals surface area contributed by atoms with Crippen LogP contribution in [-0.4, -0.2) is 42.6 Å². The normalized spacial score (nSPS) is 15.7. The van der Waals surface area contributed by atoms with E-state index in [-0.39, 0.29) is 11.8 Å². The van der Waals surface area contributed by atoms with Crippen molar-refractivity contribution in [3.05, 3.63) is 64.7 Å². The Morgan fingerprint density at radius 1 is 1.04 bits per heavy atom. The number of benzene rings is 2. The molecule has 0 bridgehead atoms. The van der Waals surface area contributed by atoms with Crippen LogP contribution in [0.15, 0.2) is 47.5 Å². The summed E-state index contributed by atoms with van der Waals surface area (Å²) >= 11 is 0. The molecule has 0 aliphatic carbocycles. The van der Waals surface area contributed by atoms with Crippen LogP contribution in [0.2, 0.25) is 0 Å². The summed E-state index contributed by atoms with van der Waals surface area (Å²) in [5.74, 6) is 0.341. The van der Waals surface area contributed by atoms with E-state index in [4.69, 9.17) is 4.74 Å². The maximum absolute atomic E-state index is 12.5. The van der Waals surface area contributed by atoms with Crippen LogP contribution in [-0.2, 0) is 6.42 Å². The first-order valence-electron chi connectivity index (χ1n) is 8.35. The number of ether oxygens (including phenoxy) is 1. The molecule has 2 aliphatic heterocycles. The van der Waals surface area contributed by atoms with Crippen LogP contribution >= 0.6 is 0 Å². The van der Waals surface area contributed by atoms with Crippen molar-refractivity contribution in [1.29, 1.82) is 0 Å². The van der Waals surface area contributed by atoms with Gasteiger partial charge in [-0.25, -0.2) is 0 Å². The van der Waals surface area contributed by atoms with E-state index >= 15 is 0 Å². The SMILES string of the molecule is COc1cccc2c1C(CCN1C(=O)c3ccccc3C1=O)=NCC2. The third-order valence-corrected chi connectivity index (χ3v) is 4.76. The first kappa shape index (κ1) is 15.6. The molecule has 5 heteroatoms. The summed E-state index contributed by atoms with van der Waals surface area (Å²) < 4.78 is 5.48. The Morgan fingerprint density at radius 2 is 1.76 bits per heavy atom. The zero-order valence-corrected chi connectivity index (χ0v) is 14.0. The summed E-state index contributed by atoms with van der Waals surface area (Å²) in [4.78, 5) is 30.9. The fourth-order valence-corrected chi connectivity index (χ4v) is 3.54. The Morgan fingerprint density at radius 3 is 2.44 bits per heavy atom. The minimum absolute atomic E-state index is 0.225. The maximum atomic E-state index is 12.5. The van der Waals surface area contributed by atoms with E-state index < -0.39 is 0 Å². The van der Waals surface area contributed by atoms with E-state index in [1.165, 1.54) is 10.5 Å². The molecule has 2 aliphatic rings. The summed E-state index contributed by atoms with van der Waals surface area (Å²) in [7, 11) is 1.64. The molecule has 0 N–H and O–H groups in total. The Hall–Kier alpha value is -2.95. The van der Waals surface area contributed by atoms with Gasteiger partial charge in [-0.2, -0.15) is 0 Å². The van der Waals surface area contributed by atoms with Gasteiger partial charge in [0.1, 0.15) is 5.75 Å². The van der Waals surface area contributed by atoms with Gasteiger partial charge in [-0.15, -0.1) is 0 Å².